The van der Waals surface area contributed by atoms with Gasteiger partial charge in [0, 0.05) is 16.0 Å². The second-order valence-corrected chi connectivity index (χ2v) is 7.31. The second kappa shape index (κ2) is 6.54. The van der Waals surface area contributed by atoms with Crippen LogP contribution in [-0.2, 0) is 12.6 Å². The summed E-state index contributed by atoms with van der Waals surface area (Å²) >= 11 is 3.44. The smallest absolute Gasteiger partial charge is 0.416 e. The van der Waals surface area contributed by atoms with Gasteiger partial charge in [0.25, 0.3) is 0 Å². The van der Waals surface area contributed by atoms with Gasteiger partial charge in [-0.15, -0.1) is 10.2 Å². The molecule has 1 heterocycles. The average Bonchev–Trinajstić information content (AvgIpc) is 3.33. The van der Waals surface area contributed by atoms with Crippen molar-refractivity contribution in [3.63, 3.8) is 0 Å². The predicted molar refractivity (Wildman–Crippen MR) is 93.7 cm³/mol. The van der Waals surface area contributed by atoms with Crippen molar-refractivity contribution in [2.45, 2.75) is 31.4 Å². The minimum atomic E-state index is -4.33. The van der Waals surface area contributed by atoms with Gasteiger partial charge in [-0.05, 0) is 54.7 Å². The van der Waals surface area contributed by atoms with Crippen LogP contribution in [0.4, 0.5) is 13.2 Å². The number of hydrogen-bond acceptors (Lipinski definition) is 3. The molecule has 3 nitrogen and oxygen atoms in total. The van der Waals surface area contributed by atoms with Crippen molar-refractivity contribution >= 4 is 15.9 Å². The molecule has 1 aliphatic rings. The molecule has 0 atom stereocenters. The van der Waals surface area contributed by atoms with Crippen LogP contribution in [0.25, 0.3) is 11.5 Å². The molecule has 0 spiro atoms. The van der Waals surface area contributed by atoms with E-state index in [-0.39, 0.29) is 0 Å². The maximum Gasteiger partial charge on any atom is 0.416 e. The van der Waals surface area contributed by atoms with Gasteiger partial charge in [0.15, 0.2) is 0 Å². The zero-order valence-electron chi connectivity index (χ0n) is 13.6. The number of rotatable bonds is 4. The van der Waals surface area contributed by atoms with Crippen molar-refractivity contribution in [3.8, 4) is 11.5 Å². The van der Waals surface area contributed by atoms with E-state index >= 15 is 0 Å². The standard InChI is InChI=1S/C19H14BrF3N2O/c20-15-8-5-13(9-11-1-6-14(7-2-11)19(21,22)23)16(10-15)18-25-24-17(26-18)12-3-4-12/h1-2,5-8,10,12H,3-4,9H2. The van der Waals surface area contributed by atoms with Crippen LogP contribution in [0.3, 0.4) is 0 Å². The molecule has 0 unspecified atom stereocenters. The van der Waals surface area contributed by atoms with E-state index in [4.69, 9.17) is 4.42 Å². The molecule has 0 aliphatic heterocycles. The van der Waals surface area contributed by atoms with Crippen LogP contribution in [0.2, 0.25) is 0 Å². The van der Waals surface area contributed by atoms with Crippen LogP contribution in [0.1, 0.15) is 41.3 Å². The molecule has 4 rings (SSSR count). The number of benzene rings is 2. The molecular weight excluding hydrogens is 409 g/mol. The fourth-order valence-electron chi connectivity index (χ4n) is 2.77. The lowest BCUT2D eigenvalue weighted by Crippen LogP contribution is -2.04. The van der Waals surface area contributed by atoms with Crippen molar-refractivity contribution in [2.75, 3.05) is 0 Å². The lowest BCUT2D eigenvalue weighted by Gasteiger charge is -2.10. The van der Waals surface area contributed by atoms with Gasteiger partial charge in [-0.25, -0.2) is 0 Å². The number of hydrogen-bond donors (Lipinski definition) is 0. The van der Waals surface area contributed by atoms with Crippen molar-refractivity contribution in [3.05, 3.63) is 69.5 Å². The van der Waals surface area contributed by atoms with E-state index in [1.54, 1.807) is 0 Å². The Kier molecular flexibility index (Phi) is 4.34. The highest BCUT2D eigenvalue weighted by atomic mass is 79.9. The molecule has 1 fully saturated rings. The normalized spacial score (nSPS) is 14.6. The van der Waals surface area contributed by atoms with Gasteiger partial charge in [0.2, 0.25) is 11.8 Å². The SMILES string of the molecule is FC(F)(F)c1ccc(Cc2ccc(Br)cc2-c2nnc(C3CC3)o2)cc1. The maximum absolute atomic E-state index is 12.7. The number of halogens is 4. The first-order valence-electron chi connectivity index (χ1n) is 8.18. The summed E-state index contributed by atoms with van der Waals surface area (Å²) in [5.41, 5.74) is 1.84. The summed E-state index contributed by atoms with van der Waals surface area (Å²) in [6.07, 6.45) is -1.72. The molecule has 134 valence electrons. The molecule has 1 saturated carbocycles. The highest BCUT2D eigenvalue weighted by Gasteiger charge is 2.31. The molecule has 2 aromatic carbocycles. The summed E-state index contributed by atoms with van der Waals surface area (Å²) in [5.74, 6) is 1.46. The number of aromatic nitrogens is 2. The van der Waals surface area contributed by atoms with Gasteiger partial charge in [-0.2, -0.15) is 13.2 Å². The summed E-state index contributed by atoms with van der Waals surface area (Å²) in [4.78, 5) is 0. The van der Waals surface area contributed by atoms with Crippen molar-refractivity contribution < 1.29 is 17.6 Å². The zero-order valence-corrected chi connectivity index (χ0v) is 15.1. The van der Waals surface area contributed by atoms with Gasteiger partial charge >= 0.3 is 6.18 Å². The third-order valence-corrected chi connectivity index (χ3v) is 4.84. The Morgan fingerprint density at radius 1 is 1.04 bits per heavy atom. The lowest BCUT2D eigenvalue weighted by atomic mass is 9.99. The lowest BCUT2D eigenvalue weighted by molar-refractivity contribution is -0.137. The molecule has 7 heteroatoms. The topological polar surface area (TPSA) is 38.9 Å². The minimum Gasteiger partial charge on any atom is -0.420 e. The van der Waals surface area contributed by atoms with E-state index in [1.807, 2.05) is 18.2 Å². The Morgan fingerprint density at radius 2 is 1.77 bits per heavy atom. The first-order valence-corrected chi connectivity index (χ1v) is 8.98. The van der Waals surface area contributed by atoms with Crippen LogP contribution in [0.5, 0.6) is 0 Å². The number of nitrogens with zero attached hydrogens (tertiary/aromatic N) is 2. The first-order chi connectivity index (χ1) is 12.4. The molecule has 0 bridgehead atoms. The zero-order chi connectivity index (χ0) is 18.3. The van der Waals surface area contributed by atoms with E-state index in [0.29, 0.717) is 24.1 Å². The van der Waals surface area contributed by atoms with Crippen molar-refractivity contribution in [1.29, 1.82) is 0 Å². The molecular formula is C19H14BrF3N2O. The van der Waals surface area contributed by atoms with Crippen molar-refractivity contribution in [1.82, 2.24) is 10.2 Å². The average molecular weight is 423 g/mol. The van der Waals surface area contributed by atoms with Gasteiger partial charge in [-0.1, -0.05) is 34.1 Å². The Morgan fingerprint density at radius 3 is 2.42 bits per heavy atom. The van der Waals surface area contributed by atoms with Gasteiger partial charge < -0.3 is 4.42 Å². The van der Waals surface area contributed by atoms with E-state index in [2.05, 4.69) is 26.1 Å². The van der Waals surface area contributed by atoms with Crippen LogP contribution >= 0.6 is 15.9 Å². The van der Waals surface area contributed by atoms with E-state index in [1.165, 1.54) is 12.1 Å². The quantitative estimate of drug-likeness (QED) is 0.518. The van der Waals surface area contributed by atoms with E-state index in [0.717, 1.165) is 46.1 Å². The van der Waals surface area contributed by atoms with Crippen LogP contribution in [0, 0.1) is 0 Å². The monoisotopic (exact) mass is 422 g/mol. The molecule has 0 N–H and O–H groups in total. The van der Waals surface area contributed by atoms with E-state index in [9.17, 15) is 13.2 Å². The Hall–Kier alpha value is -2.15. The third kappa shape index (κ3) is 3.67. The van der Waals surface area contributed by atoms with Gasteiger partial charge in [0.1, 0.15) is 0 Å². The minimum absolute atomic E-state index is 0.363. The summed E-state index contributed by atoms with van der Waals surface area (Å²) in [7, 11) is 0. The Labute approximate surface area is 156 Å². The second-order valence-electron chi connectivity index (χ2n) is 6.39. The van der Waals surface area contributed by atoms with Gasteiger partial charge in [-0.3, -0.25) is 0 Å². The van der Waals surface area contributed by atoms with E-state index < -0.39 is 11.7 Å². The molecule has 0 amide bonds. The number of alkyl halides is 3. The highest BCUT2D eigenvalue weighted by Crippen LogP contribution is 2.40. The maximum atomic E-state index is 12.7. The molecule has 3 aromatic rings. The fraction of sp³-hybridized carbons (Fsp3) is 0.263. The largest absolute Gasteiger partial charge is 0.420 e. The molecule has 26 heavy (non-hydrogen) atoms. The summed E-state index contributed by atoms with van der Waals surface area (Å²) < 4.78 is 44.8. The Bertz CT molecular complexity index is 931. The first kappa shape index (κ1) is 17.3. The summed E-state index contributed by atoms with van der Waals surface area (Å²) in [6, 6.07) is 10.9. The van der Waals surface area contributed by atoms with Crippen LogP contribution in [0.15, 0.2) is 51.4 Å². The summed E-state index contributed by atoms with van der Waals surface area (Å²) in [6.45, 7) is 0. The Balaban J connectivity index is 1.63. The molecule has 0 radical (unpaired) electrons. The van der Waals surface area contributed by atoms with Gasteiger partial charge in [0.05, 0.1) is 5.56 Å². The van der Waals surface area contributed by atoms with Crippen molar-refractivity contribution in [2.24, 2.45) is 0 Å². The highest BCUT2D eigenvalue weighted by molar-refractivity contribution is 9.10. The third-order valence-electron chi connectivity index (χ3n) is 4.35. The molecule has 1 aromatic heterocycles. The fourth-order valence-corrected chi connectivity index (χ4v) is 3.13. The predicted octanol–water partition coefficient (Wildman–Crippen LogP) is 5.99. The van der Waals surface area contributed by atoms with Crippen LogP contribution in [-0.4, -0.2) is 10.2 Å². The summed E-state index contributed by atoms with van der Waals surface area (Å²) in [5, 5.41) is 8.27. The molecule has 1 aliphatic carbocycles. The molecule has 0 saturated heterocycles. The van der Waals surface area contributed by atoms with Crippen LogP contribution < -0.4 is 0 Å².